The molecule has 13 heteroatoms. The van der Waals surface area contributed by atoms with Gasteiger partial charge in [-0.05, 0) is 50.9 Å². The molecule has 12 nitrogen and oxygen atoms in total. The van der Waals surface area contributed by atoms with Crippen LogP contribution in [0.2, 0.25) is 0 Å². The predicted octanol–water partition coefficient (Wildman–Crippen LogP) is 1.98. The highest BCUT2D eigenvalue weighted by Crippen LogP contribution is 2.44. The maximum absolute atomic E-state index is 14.0. The van der Waals surface area contributed by atoms with Crippen molar-refractivity contribution >= 4 is 39.4 Å². The predicted molar refractivity (Wildman–Crippen MR) is 154 cm³/mol. The van der Waals surface area contributed by atoms with Gasteiger partial charge in [0.2, 0.25) is 27.7 Å². The second kappa shape index (κ2) is 12.7. The molecule has 0 bridgehead atoms. The largest absolute Gasteiger partial charge is 0.391 e. The quantitative estimate of drug-likeness (QED) is 0.166. The van der Waals surface area contributed by atoms with Gasteiger partial charge in [0.15, 0.2) is 0 Å². The number of hydrogen-bond donors (Lipinski definition) is 3. The smallest absolute Gasteiger partial charge is 0.259 e. The molecule has 0 aromatic rings. The molecule has 1 aliphatic heterocycles. The van der Waals surface area contributed by atoms with Crippen LogP contribution < -0.4 is 15.4 Å². The summed E-state index contributed by atoms with van der Waals surface area (Å²) in [7, 11) is -3.79. The lowest BCUT2D eigenvalue weighted by molar-refractivity contribution is -0.144. The Bertz CT molecular complexity index is 1160. The van der Waals surface area contributed by atoms with Gasteiger partial charge in [0.05, 0.1) is 17.5 Å². The zero-order valence-electron chi connectivity index (χ0n) is 25.4. The highest BCUT2D eigenvalue weighted by molar-refractivity contribution is 7.91. The molecule has 1 heterocycles. The molecule has 1 saturated heterocycles. The lowest BCUT2D eigenvalue weighted by atomic mass is 9.85. The minimum absolute atomic E-state index is 0.0663. The zero-order valence-corrected chi connectivity index (χ0v) is 26.2. The molecule has 41 heavy (non-hydrogen) atoms. The molecular formula is C28H47N5O7S. The molecule has 4 amide bonds. The standard InChI is InChI=1S/C28H47N5O7S/c1-8-9-10-11-22(34)29-23(27(5,6)7)25(36)33-16-19(40-31-17(2)3)14-21(33)24(35)30-28(15-18(28)4)26(37)32-41(38,39)20-12-13-20/h18-21,23H,8-16H2,1-7H3,(H,29,34)(H,30,35)(H,32,37)/t18-,19-,21+,23-,28?/m1/s1. The minimum Gasteiger partial charge on any atom is -0.391 e. The third-order valence-electron chi connectivity index (χ3n) is 7.92. The van der Waals surface area contributed by atoms with Crippen molar-refractivity contribution in [2.45, 2.75) is 129 Å². The van der Waals surface area contributed by atoms with Crippen LogP contribution in [-0.2, 0) is 34.0 Å². The zero-order chi connectivity index (χ0) is 30.8. The van der Waals surface area contributed by atoms with Crippen molar-refractivity contribution in [3.8, 4) is 0 Å². The Hall–Kier alpha value is -2.70. The second-order valence-corrected chi connectivity index (χ2v) is 15.0. The molecule has 0 aromatic heterocycles. The molecule has 3 aliphatic rings. The van der Waals surface area contributed by atoms with Gasteiger partial charge < -0.3 is 20.4 Å². The Balaban J connectivity index is 1.81. The molecule has 5 atom stereocenters. The number of carbonyl (C=O) groups excluding carboxylic acids is 4. The van der Waals surface area contributed by atoms with Gasteiger partial charge in [-0.15, -0.1) is 0 Å². The van der Waals surface area contributed by atoms with Crippen LogP contribution in [0.5, 0.6) is 0 Å². The Morgan fingerprint density at radius 2 is 1.76 bits per heavy atom. The first-order valence-electron chi connectivity index (χ1n) is 14.7. The number of sulfonamides is 1. The first kappa shape index (κ1) is 32.8. The van der Waals surface area contributed by atoms with Crippen molar-refractivity contribution in [3.63, 3.8) is 0 Å². The molecule has 3 fully saturated rings. The van der Waals surface area contributed by atoms with Crippen molar-refractivity contribution in [3.05, 3.63) is 0 Å². The fraction of sp³-hybridized carbons (Fsp3) is 0.821. The number of hydrogen-bond acceptors (Lipinski definition) is 8. The van der Waals surface area contributed by atoms with Gasteiger partial charge in [-0.1, -0.05) is 52.6 Å². The molecule has 2 saturated carbocycles. The van der Waals surface area contributed by atoms with Crippen LogP contribution in [0.15, 0.2) is 5.16 Å². The van der Waals surface area contributed by atoms with Gasteiger partial charge in [0.1, 0.15) is 23.7 Å². The fourth-order valence-electron chi connectivity index (χ4n) is 5.09. The van der Waals surface area contributed by atoms with Crippen LogP contribution in [0.1, 0.15) is 99.8 Å². The van der Waals surface area contributed by atoms with Gasteiger partial charge in [-0.2, -0.15) is 0 Å². The number of carbonyl (C=O) groups is 4. The molecule has 2 aliphatic carbocycles. The summed E-state index contributed by atoms with van der Waals surface area (Å²) in [5.41, 5.74) is -1.36. The Morgan fingerprint density at radius 3 is 2.27 bits per heavy atom. The summed E-state index contributed by atoms with van der Waals surface area (Å²) in [5.74, 6) is -2.27. The van der Waals surface area contributed by atoms with E-state index in [0.717, 1.165) is 12.8 Å². The third-order valence-corrected chi connectivity index (χ3v) is 9.74. The summed E-state index contributed by atoms with van der Waals surface area (Å²) >= 11 is 0. The molecule has 0 radical (unpaired) electrons. The first-order valence-corrected chi connectivity index (χ1v) is 16.2. The van der Waals surface area contributed by atoms with E-state index in [2.05, 4.69) is 20.5 Å². The van der Waals surface area contributed by atoms with Crippen LogP contribution in [0.3, 0.4) is 0 Å². The van der Waals surface area contributed by atoms with E-state index in [4.69, 9.17) is 4.84 Å². The summed E-state index contributed by atoms with van der Waals surface area (Å²) < 4.78 is 27.0. The minimum atomic E-state index is -3.79. The van der Waals surface area contributed by atoms with E-state index in [0.29, 0.717) is 31.4 Å². The van der Waals surface area contributed by atoms with Crippen molar-refractivity contribution < 1.29 is 32.4 Å². The van der Waals surface area contributed by atoms with Gasteiger partial charge >= 0.3 is 0 Å². The number of unbranched alkanes of at least 4 members (excludes halogenated alkanes) is 2. The summed E-state index contributed by atoms with van der Waals surface area (Å²) in [6, 6.07) is -1.90. The number of nitrogens with zero attached hydrogens (tertiary/aromatic N) is 2. The highest BCUT2D eigenvalue weighted by atomic mass is 32.2. The van der Waals surface area contributed by atoms with E-state index in [1.807, 2.05) is 27.7 Å². The molecule has 3 rings (SSSR count). The van der Waals surface area contributed by atoms with Gasteiger partial charge in [-0.3, -0.25) is 23.9 Å². The Kier molecular flexibility index (Phi) is 10.1. The van der Waals surface area contributed by atoms with E-state index in [9.17, 15) is 27.6 Å². The summed E-state index contributed by atoms with van der Waals surface area (Å²) in [5, 5.41) is 9.09. The summed E-state index contributed by atoms with van der Waals surface area (Å²) in [6.45, 7) is 12.9. The lowest BCUT2D eigenvalue weighted by Gasteiger charge is -2.35. The monoisotopic (exact) mass is 597 g/mol. The molecule has 1 unspecified atom stereocenters. The van der Waals surface area contributed by atoms with E-state index in [-0.39, 0.29) is 31.2 Å². The number of rotatable bonds is 13. The molecule has 3 N–H and O–H groups in total. The fourth-order valence-corrected chi connectivity index (χ4v) is 6.45. The second-order valence-electron chi connectivity index (χ2n) is 13.1. The van der Waals surface area contributed by atoms with Crippen molar-refractivity contribution in [1.82, 2.24) is 20.3 Å². The number of nitrogens with one attached hydrogen (secondary N) is 3. The number of oxime groups is 1. The molecule has 0 aromatic carbocycles. The lowest BCUT2D eigenvalue weighted by Crippen LogP contribution is -2.60. The van der Waals surface area contributed by atoms with Gasteiger partial charge in [0, 0.05) is 12.8 Å². The number of amides is 4. The molecule has 0 spiro atoms. The van der Waals surface area contributed by atoms with E-state index >= 15 is 0 Å². The normalized spacial score (nSPS) is 26.5. The maximum Gasteiger partial charge on any atom is 0.259 e. The summed E-state index contributed by atoms with van der Waals surface area (Å²) in [4.78, 5) is 60.5. The van der Waals surface area contributed by atoms with E-state index < -0.39 is 62.1 Å². The summed E-state index contributed by atoms with van der Waals surface area (Å²) in [6.07, 6.45) is 3.71. The third kappa shape index (κ3) is 8.20. The van der Waals surface area contributed by atoms with E-state index in [1.54, 1.807) is 20.8 Å². The molecular weight excluding hydrogens is 550 g/mol. The first-order chi connectivity index (χ1) is 19.0. The average molecular weight is 598 g/mol. The van der Waals surface area contributed by atoms with Crippen LogP contribution in [0.4, 0.5) is 0 Å². The number of likely N-dealkylation sites (tertiary alicyclic amines) is 1. The SMILES string of the molecule is CCCCCC(=O)N[C@H](C(=O)N1C[C@H](ON=C(C)C)C[C@H]1C(=O)NC1(C(=O)NS(=O)(=O)C2CC2)C[C@H]1C)C(C)(C)C. The average Bonchev–Trinajstić information content (AvgIpc) is 3.78. The van der Waals surface area contributed by atoms with Crippen LogP contribution in [0, 0.1) is 11.3 Å². The van der Waals surface area contributed by atoms with Gasteiger partial charge in [-0.25, -0.2) is 8.42 Å². The molecule has 232 valence electrons. The maximum atomic E-state index is 14.0. The van der Waals surface area contributed by atoms with Crippen LogP contribution in [0.25, 0.3) is 0 Å². The Labute approximate surface area is 243 Å². The van der Waals surface area contributed by atoms with Crippen LogP contribution >= 0.6 is 0 Å². The Morgan fingerprint density at radius 1 is 1.12 bits per heavy atom. The van der Waals surface area contributed by atoms with Crippen molar-refractivity contribution in [2.75, 3.05) is 6.54 Å². The highest BCUT2D eigenvalue weighted by Gasteiger charge is 2.61. The van der Waals surface area contributed by atoms with Crippen molar-refractivity contribution in [1.29, 1.82) is 0 Å². The van der Waals surface area contributed by atoms with Crippen molar-refractivity contribution in [2.24, 2.45) is 16.5 Å². The topological polar surface area (TPSA) is 163 Å². The van der Waals surface area contributed by atoms with Gasteiger partial charge in [0.25, 0.3) is 5.91 Å². The van der Waals surface area contributed by atoms with E-state index in [1.165, 1.54) is 4.90 Å². The van der Waals surface area contributed by atoms with Crippen LogP contribution in [-0.4, -0.2) is 78.2 Å².